The lowest BCUT2D eigenvalue weighted by Crippen LogP contribution is -2.35. The van der Waals surface area contributed by atoms with Gasteiger partial charge in [-0.15, -0.1) is 0 Å². The van der Waals surface area contributed by atoms with Crippen LogP contribution in [0.25, 0.3) is 0 Å². The minimum atomic E-state index is -3.39. The fourth-order valence-corrected chi connectivity index (χ4v) is 4.24. The molecule has 1 aliphatic carbocycles. The number of aromatic nitrogens is 1. The number of rotatable bonds is 5. The smallest absolute Gasteiger partial charge is 0.244 e. The van der Waals surface area contributed by atoms with Gasteiger partial charge in [0.05, 0.1) is 0 Å². The summed E-state index contributed by atoms with van der Waals surface area (Å²) in [7, 11) is -1.70. The molecule has 1 aromatic heterocycles. The molecule has 0 radical (unpaired) electrons. The van der Waals surface area contributed by atoms with E-state index in [4.69, 9.17) is 5.73 Å². The van der Waals surface area contributed by atoms with Crippen LogP contribution in [0.3, 0.4) is 0 Å². The molecule has 0 aliphatic heterocycles. The number of aryl methyl sites for hydroxylation is 1. The van der Waals surface area contributed by atoms with E-state index in [9.17, 15) is 8.42 Å². The van der Waals surface area contributed by atoms with Crippen molar-refractivity contribution in [2.45, 2.75) is 56.6 Å². The van der Waals surface area contributed by atoms with Gasteiger partial charge in [0, 0.05) is 38.1 Å². The lowest BCUT2D eigenvalue weighted by atomic mass is 10.3. The zero-order valence-corrected chi connectivity index (χ0v) is 12.5. The van der Waals surface area contributed by atoms with Gasteiger partial charge in [0.25, 0.3) is 0 Å². The predicted octanol–water partition coefficient (Wildman–Crippen LogP) is 1.53. The summed E-state index contributed by atoms with van der Waals surface area (Å²) < 4.78 is 28.6. The van der Waals surface area contributed by atoms with Crippen molar-refractivity contribution in [3.8, 4) is 0 Å². The van der Waals surface area contributed by atoms with Crippen molar-refractivity contribution >= 4 is 10.0 Å². The van der Waals surface area contributed by atoms with Gasteiger partial charge in [-0.05, 0) is 25.8 Å². The first-order valence-corrected chi connectivity index (χ1v) is 8.31. The molecule has 0 amide bonds. The maximum absolute atomic E-state index is 12.6. The van der Waals surface area contributed by atoms with Crippen molar-refractivity contribution in [2.75, 3.05) is 7.05 Å². The van der Waals surface area contributed by atoms with E-state index in [-0.39, 0.29) is 6.04 Å². The molecule has 1 saturated carbocycles. The van der Waals surface area contributed by atoms with Gasteiger partial charge in [0.1, 0.15) is 4.90 Å². The summed E-state index contributed by atoms with van der Waals surface area (Å²) in [5, 5.41) is 0. The van der Waals surface area contributed by atoms with Crippen LogP contribution in [-0.4, -0.2) is 30.4 Å². The third kappa shape index (κ3) is 2.70. The van der Waals surface area contributed by atoms with Crippen molar-refractivity contribution in [1.82, 2.24) is 8.87 Å². The van der Waals surface area contributed by atoms with E-state index >= 15 is 0 Å². The van der Waals surface area contributed by atoms with Crippen molar-refractivity contribution < 1.29 is 8.42 Å². The number of hydrogen-bond acceptors (Lipinski definition) is 3. The lowest BCUT2D eigenvalue weighted by Gasteiger charge is -2.22. The van der Waals surface area contributed by atoms with Gasteiger partial charge in [-0.2, -0.15) is 4.31 Å². The maximum Gasteiger partial charge on any atom is 0.244 e. The molecule has 1 aliphatic rings. The fraction of sp³-hybridized carbons (Fsp3) is 0.692. The Hall–Kier alpha value is -0.850. The molecule has 2 rings (SSSR count). The van der Waals surface area contributed by atoms with Gasteiger partial charge in [-0.3, -0.25) is 0 Å². The lowest BCUT2D eigenvalue weighted by molar-refractivity contribution is 0.373. The van der Waals surface area contributed by atoms with E-state index in [0.717, 1.165) is 37.9 Å². The van der Waals surface area contributed by atoms with E-state index in [2.05, 4.69) is 0 Å². The number of nitrogens with zero attached hydrogens (tertiary/aromatic N) is 2. The normalized spacial score (nSPS) is 17.5. The van der Waals surface area contributed by atoms with Crippen molar-refractivity contribution in [3.63, 3.8) is 0 Å². The second-order valence-electron chi connectivity index (χ2n) is 5.12. The highest BCUT2D eigenvalue weighted by molar-refractivity contribution is 7.89. The molecule has 0 spiro atoms. The van der Waals surface area contributed by atoms with Crippen LogP contribution in [0.15, 0.2) is 17.2 Å². The Bertz CT molecular complexity index is 509. The van der Waals surface area contributed by atoms with E-state index < -0.39 is 10.0 Å². The minimum Gasteiger partial charge on any atom is -0.349 e. The largest absolute Gasteiger partial charge is 0.349 e. The molecular weight excluding hydrogens is 262 g/mol. The zero-order chi connectivity index (χ0) is 14.0. The van der Waals surface area contributed by atoms with Crippen molar-refractivity contribution in [2.24, 2.45) is 5.73 Å². The van der Waals surface area contributed by atoms with Crippen LogP contribution in [0.2, 0.25) is 0 Å². The van der Waals surface area contributed by atoms with Gasteiger partial charge in [0.2, 0.25) is 10.0 Å². The first-order valence-electron chi connectivity index (χ1n) is 6.87. The molecule has 6 heteroatoms. The standard InChI is InChI=1S/C13H23N3O2S/c1-3-16-10-13(8-12(16)9-14)19(17,18)15(2)11-6-4-5-7-11/h8,10-11H,3-7,9,14H2,1-2H3. The third-order valence-corrected chi connectivity index (χ3v) is 5.90. The second kappa shape index (κ2) is 5.64. The van der Waals surface area contributed by atoms with E-state index in [1.54, 1.807) is 19.3 Å². The quantitative estimate of drug-likeness (QED) is 0.892. The molecule has 0 aromatic carbocycles. The summed E-state index contributed by atoms with van der Waals surface area (Å²) >= 11 is 0. The molecule has 0 unspecified atom stereocenters. The Morgan fingerprint density at radius 2 is 2.05 bits per heavy atom. The molecule has 108 valence electrons. The Kier molecular flexibility index (Phi) is 4.32. The highest BCUT2D eigenvalue weighted by Crippen LogP contribution is 2.27. The van der Waals surface area contributed by atoms with Gasteiger partial charge in [-0.1, -0.05) is 12.8 Å². The molecule has 1 fully saturated rings. The summed E-state index contributed by atoms with van der Waals surface area (Å²) in [4.78, 5) is 0.365. The molecule has 19 heavy (non-hydrogen) atoms. The average molecular weight is 285 g/mol. The first kappa shape index (κ1) is 14.6. The summed E-state index contributed by atoms with van der Waals surface area (Å²) in [6.45, 7) is 3.07. The van der Waals surface area contributed by atoms with Crippen LogP contribution >= 0.6 is 0 Å². The first-order chi connectivity index (χ1) is 9.00. The summed E-state index contributed by atoms with van der Waals surface area (Å²) in [6.07, 6.45) is 5.87. The molecular formula is C13H23N3O2S. The van der Waals surface area contributed by atoms with Gasteiger partial charge in [-0.25, -0.2) is 8.42 Å². The second-order valence-corrected chi connectivity index (χ2v) is 7.11. The van der Waals surface area contributed by atoms with Crippen LogP contribution < -0.4 is 5.73 Å². The Labute approximate surface area is 115 Å². The number of sulfonamides is 1. The Balaban J connectivity index is 2.30. The van der Waals surface area contributed by atoms with Crippen LogP contribution in [0, 0.1) is 0 Å². The topological polar surface area (TPSA) is 68.3 Å². The zero-order valence-electron chi connectivity index (χ0n) is 11.7. The fourth-order valence-electron chi connectivity index (χ4n) is 2.76. The SMILES string of the molecule is CCn1cc(S(=O)(=O)N(C)C2CCCC2)cc1CN. The minimum absolute atomic E-state index is 0.149. The summed E-state index contributed by atoms with van der Waals surface area (Å²) in [6, 6.07) is 1.85. The van der Waals surface area contributed by atoms with E-state index in [1.807, 2.05) is 11.5 Å². The number of nitrogens with two attached hydrogens (primary N) is 1. The monoisotopic (exact) mass is 285 g/mol. The average Bonchev–Trinajstić information content (AvgIpc) is 3.06. The molecule has 2 N–H and O–H groups in total. The summed E-state index contributed by atoms with van der Waals surface area (Å²) in [5.41, 5.74) is 6.51. The van der Waals surface area contributed by atoms with Crippen LogP contribution in [0.1, 0.15) is 38.3 Å². The molecule has 0 atom stereocenters. The Morgan fingerprint density at radius 1 is 1.42 bits per heavy atom. The van der Waals surface area contributed by atoms with Crippen LogP contribution in [0.5, 0.6) is 0 Å². The molecule has 0 saturated heterocycles. The van der Waals surface area contributed by atoms with Gasteiger partial charge in [0.15, 0.2) is 0 Å². The predicted molar refractivity (Wildman–Crippen MR) is 75.2 cm³/mol. The van der Waals surface area contributed by atoms with Crippen LogP contribution in [-0.2, 0) is 23.1 Å². The van der Waals surface area contributed by atoms with Gasteiger partial charge >= 0.3 is 0 Å². The highest BCUT2D eigenvalue weighted by atomic mass is 32.2. The van der Waals surface area contributed by atoms with E-state index in [0.29, 0.717) is 11.4 Å². The van der Waals surface area contributed by atoms with Crippen molar-refractivity contribution in [3.05, 3.63) is 18.0 Å². The summed E-state index contributed by atoms with van der Waals surface area (Å²) in [5.74, 6) is 0. The third-order valence-electron chi connectivity index (χ3n) is 4.03. The maximum atomic E-state index is 12.6. The van der Waals surface area contributed by atoms with Gasteiger partial charge < -0.3 is 10.3 Å². The van der Waals surface area contributed by atoms with Crippen molar-refractivity contribution in [1.29, 1.82) is 0 Å². The molecule has 0 bridgehead atoms. The highest BCUT2D eigenvalue weighted by Gasteiger charge is 2.30. The van der Waals surface area contributed by atoms with Crippen LogP contribution in [0.4, 0.5) is 0 Å². The Morgan fingerprint density at radius 3 is 2.53 bits per heavy atom. The molecule has 5 nitrogen and oxygen atoms in total. The molecule has 1 aromatic rings. The number of hydrogen-bond donors (Lipinski definition) is 1. The molecule has 1 heterocycles. The van der Waals surface area contributed by atoms with E-state index in [1.165, 1.54) is 4.31 Å².